The lowest BCUT2D eigenvalue weighted by atomic mass is 10.2. The number of nitrogens with two attached hydrogens (primary N) is 1. The number of imidazole rings is 1. The molecule has 32 heavy (non-hydrogen) atoms. The van der Waals surface area contributed by atoms with Gasteiger partial charge in [0.05, 0.1) is 25.1 Å². The molecule has 15 heteroatoms. The molecule has 2 aromatic rings. The first-order chi connectivity index (χ1) is 15.5. The van der Waals surface area contributed by atoms with Crippen LogP contribution in [0.2, 0.25) is 0 Å². The average Bonchev–Trinajstić information content (AvgIpc) is 3.36. The molecule has 10 nitrogen and oxygen atoms in total. The van der Waals surface area contributed by atoms with Gasteiger partial charge in [0, 0.05) is 17.9 Å². The molecule has 0 saturated carbocycles. The Morgan fingerprint density at radius 3 is 3.00 bits per heavy atom. The zero-order valence-corrected chi connectivity index (χ0v) is 20.8. The molecule has 3 saturated heterocycles. The summed E-state index contributed by atoms with van der Waals surface area (Å²) in [7, 11) is 3.43. The van der Waals surface area contributed by atoms with E-state index in [4.69, 9.17) is 59.2 Å². The summed E-state index contributed by atoms with van der Waals surface area (Å²) in [6.45, 7) is -2.46. The zero-order chi connectivity index (χ0) is 22.3. The quantitative estimate of drug-likeness (QED) is 0.255. The van der Waals surface area contributed by atoms with Crippen molar-refractivity contribution in [3.05, 3.63) is 11.0 Å². The van der Waals surface area contributed by atoms with E-state index in [1.807, 2.05) is 0 Å². The molecular weight excluding hydrogens is 513 g/mol. The van der Waals surface area contributed by atoms with Crippen LogP contribution in [0.3, 0.4) is 0 Å². The van der Waals surface area contributed by atoms with Crippen LogP contribution >= 0.6 is 40.5 Å². The van der Waals surface area contributed by atoms with E-state index in [1.165, 1.54) is 0 Å². The Morgan fingerprint density at radius 2 is 2.19 bits per heavy atom. The summed E-state index contributed by atoms with van der Waals surface area (Å²) in [5.41, 5.74) is 6.94. The standard InChI is InChI=1S/C17H20N5O5PS4/c1-2-3-23-11-6-31-32-7-12(11)27-28(30)24-5-10-9(26-28)4-13(25-10)22-8-19-14-15(22)20-17(18)21-16(14)29/h1,8-13H,3-7H2,(H3,18,20,21,29)/t9-,10+,11-,12-,13+,28-/m0/s1. The fourth-order valence-corrected chi connectivity index (χ4v) is 8.95. The summed E-state index contributed by atoms with van der Waals surface area (Å²) in [6, 6.07) is 0. The number of hydrogen-bond acceptors (Lipinski definition) is 12. The summed E-state index contributed by atoms with van der Waals surface area (Å²) in [5, 5.41) is 0. The van der Waals surface area contributed by atoms with Gasteiger partial charge < -0.3 is 33.8 Å². The molecule has 172 valence electrons. The third-order valence-electron chi connectivity index (χ3n) is 5.21. The van der Waals surface area contributed by atoms with E-state index in [0.29, 0.717) is 28.0 Å². The third-order valence-corrected chi connectivity index (χ3v) is 10.3. The van der Waals surface area contributed by atoms with Gasteiger partial charge >= 0.3 is 6.72 Å². The Hall–Kier alpha value is -0.720. The van der Waals surface area contributed by atoms with Gasteiger partial charge in [0.2, 0.25) is 5.95 Å². The summed E-state index contributed by atoms with van der Waals surface area (Å²) in [6.07, 6.45) is 6.19. The van der Waals surface area contributed by atoms with Crippen LogP contribution < -0.4 is 5.73 Å². The average molecular weight is 534 g/mol. The Kier molecular flexibility index (Phi) is 6.84. The van der Waals surface area contributed by atoms with E-state index in [0.717, 1.165) is 5.75 Å². The molecule has 0 amide bonds. The zero-order valence-electron chi connectivity index (χ0n) is 16.6. The van der Waals surface area contributed by atoms with E-state index < -0.39 is 6.72 Å². The summed E-state index contributed by atoms with van der Waals surface area (Å²) < 4.78 is 32.4. The minimum Gasteiger partial charge on any atom is -0.369 e. The minimum atomic E-state index is -2.97. The van der Waals surface area contributed by atoms with Gasteiger partial charge in [0.15, 0.2) is 5.65 Å². The van der Waals surface area contributed by atoms with Crippen LogP contribution in [0.1, 0.15) is 12.6 Å². The fraction of sp³-hybridized carbons (Fsp3) is 0.588. The van der Waals surface area contributed by atoms with Gasteiger partial charge in [-0.25, -0.2) is 4.98 Å². The second kappa shape index (κ2) is 9.50. The lowest BCUT2D eigenvalue weighted by Crippen LogP contribution is -2.40. The van der Waals surface area contributed by atoms with Gasteiger partial charge in [-0.15, -0.1) is 6.42 Å². The molecule has 0 radical (unpaired) electrons. The molecular formula is C17H20N5O5PS4. The van der Waals surface area contributed by atoms with Crippen molar-refractivity contribution in [1.82, 2.24) is 19.5 Å². The molecule has 0 aromatic carbocycles. The molecule has 0 bridgehead atoms. The van der Waals surface area contributed by atoms with Gasteiger partial charge in [-0.2, -0.15) is 4.98 Å². The number of nitrogen functional groups attached to an aromatic ring is 1. The lowest BCUT2D eigenvalue weighted by Gasteiger charge is -2.37. The summed E-state index contributed by atoms with van der Waals surface area (Å²) >= 11 is 11.0. The number of fused-ring (bicyclic) bond motifs is 2. The normalized spacial score (nSPS) is 34.9. The molecule has 0 aliphatic carbocycles. The Labute approximate surface area is 202 Å². The maximum Gasteiger partial charge on any atom is 0.328 e. The molecule has 0 unspecified atom stereocenters. The molecule has 3 N–H and O–H groups in total. The van der Waals surface area contributed by atoms with E-state index >= 15 is 0 Å². The van der Waals surface area contributed by atoms with Crippen molar-refractivity contribution in [2.45, 2.75) is 37.1 Å². The van der Waals surface area contributed by atoms with Crippen LogP contribution in [-0.2, 0) is 34.9 Å². The lowest BCUT2D eigenvalue weighted by molar-refractivity contribution is -0.0709. The molecule has 5 heterocycles. The van der Waals surface area contributed by atoms with Gasteiger partial charge in [-0.1, -0.05) is 39.7 Å². The molecule has 5 rings (SSSR count). The van der Waals surface area contributed by atoms with Gasteiger partial charge in [0.25, 0.3) is 0 Å². The van der Waals surface area contributed by atoms with Gasteiger partial charge in [-0.05, 0) is 11.8 Å². The SMILES string of the molecule is C#CCO[C@H]1CSSC[C@@H]1O[P@]1(=S)OC[C@H]2O[C@@H](n3cnc4c(=S)[nH]c(N)nc43)C[C@@H]2O1. The number of ether oxygens (including phenoxy) is 2. The van der Waals surface area contributed by atoms with E-state index in [-0.39, 0.29) is 49.8 Å². The van der Waals surface area contributed by atoms with Crippen molar-refractivity contribution >= 4 is 69.4 Å². The highest BCUT2D eigenvalue weighted by molar-refractivity contribution is 8.76. The van der Waals surface area contributed by atoms with Crippen LogP contribution in [0, 0.1) is 17.0 Å². The van der Waals surface area contributed by atoms with Gasteiger partial charge in [0.1, 0.15) is 35.2 Å². The van der Waals surface area contributed by atoms with Gasteiger partial charge in [-0.3, -0.25) is 4.57 Å². The largest absolute Gasteiger partial charge is 0.369 e. The van der Waals surface area contributed by atoms with Crippen molar-refractivity contribution < 1.29 is 23.0 Å². The molecule has 0 spiro atoms. The topological polar surface area (TPSA) is 119 Å². The van der Waals surface area contributed by atoms with Crippen LogP contribution in [0.15, 0.2) is 6.33 Å². The van der Waals surface area contributed by atoms with Crippen molar-refractivity contribution in [1.29, 1.82) is 0 Å². The second-order valence-electron chi connectivity index (χ2n) is 7.29. The Balaban J connectivity index is 1.29. The fourth-order valence-electron chi connectivity index (χ4n) is 3.72. The highest BCUT2D eigenvalue weighted by Crippen LogP contribution is 2.58. The first kappa shape index (κ1) is 23.0. The number of nitrogens with zero attached hydrogens (tertiary/aromatic N) is 3. The maximum atomic E-state index is 6.20. The summed E-state index contributed by atoms with van der Waals surface area (Å²) in [4.78, 5) is 11.5. The number of anilines is 1. The third kappa shape index (κ3) is 4.61. The van der Waals surface area contributed by atoms with Crippen molar-refractivity contribution in [2.24, 2.45) is 0 Å². The van der Waals surface area contributed by atoms with Crippen molar-refractivity contribution in [3.8, 4) is 12.3 Å². The smallest absolute Gasteiger partial charge is 0.328 e. The number of aromatic nitrogens is 4. The first-order valence-electron chi connectivity index (χ1n) is 9.74. The molecule has 3 aliphatic heterocycles. The number of H-pyrrole nitrogens is 1. The number of aromatic amines is 1. The molecule has 3 fully saturated rings. The molecule has 2 aromatic heterocycles. The highest BCUT2D eigenvalue weighted by atomic mass is 33.1. The number of terminal acetylenes is 1. The number of nitrogens with one attached hydrogen (secondary N) is 1. The van der Waals surface area contributed by atoms with Crippen LogP contribution in [0.25, 0.3) is 11.2 Å². The number of rotatable bonds is 5. The van der Waals surface area contributed by atoms with E-state index in [1.54, 1.807) is 32.5 Å². The van der Waals surface area contributed by atoms with Crippen LogP contribution in [0.5, 0.6) is 0 Å². The Bertz CT molecular complexity index is 1150. The van der Waals surface area contributed by atoms with E-state index in [2.05, 4.69) is 20.9 Å². The molecule has 6 atom stereocenters. The predicted octanol–water partition coefficient (Wildman–Crippen LogP) is 2.80. The first-order valence-corrected chi connectivity index (χ1v) is 15.2. The second-order valence-corrected chi connectivity index (χ2v) is 13.2. The van der Waals surface area contributed by atoms with Crippen LogP contribution in [0.4, 0.5) is 5.95 Å². The predicted molar refractivity (Wildman–Crippen MR) is 129 cm³/mol. The number of hydrogen-bond donors (Lipinski definition) is 2. The summed E-state index contributed by atoms with van der Waals surface area (Å²) in [5.74, 6) is 4.19. The maximum absolute atomic E-state index is 6.20. The Morgan fingerprint density at radius 1 is 1.38 bits per heavy atom. The van der Waals surface area contributed by atoms with Crippen molar-refractivity contribution in [2.75, 3.05) is 30.5 Å². The molecule has 3 aliphatic rings. The minimum absolute atomic E-state index is 0.159. The monoisotopic (exact) mass is 533 g/mol. The van der Waals surface area contributed by atoms with Crippen LogP contribution in [-0.4, -0.2) is 68.7 Å². The highest BCUT2D eigenvalue weighted by Gasteiger charge is 2.47. The van der Waals surface area contributed by atoms with Crippen molar-refractivity contribution in [3.63, 3.8) is 0 Å². The van der Waals surface area contributed by atoms with E-state index in [9.17, 15) is 0 Å².